The van der Waals surface area contributed by atoms with Gasteiger partial charge in [-0.1, -0.05) is 0 Å². The largest absolute Gasteiger partial charge is 0.389 e. The van der Waals surface area contributed by atoms with Gasteiger partial charge in [0.25, 0.3) is 0 Å². The van der Waals surface area contributed by atoms with Crippen LogP contribution < -0.4 is 5.32 Å². The van der Waals surface area contributed by atoms with Crippen LogP contribution >= 0.6 is 0 Å². The van der Waals surface area contributed by atoms with Crippen molar-refractivity contribution < 1.29 is 5.11 Å². The topological polar surface area (TPSA) is 38.7 Å². The summed E-state index contributed by atoms with van der Waals surface area (Å²) in [5.41, 5.74) is -0.373. The van der Waals surface area contributed by atoms with E-state index in [1.54, 1.807) is 0 Å². The lowest BCUT2D eigenvalue weighted by atomic mass is 9.80. The fourth-order valence-corrected chi connectivity index (χ4v) is 2.39. The standard InChI is InChI=1S/C12H25N3O/c1-14-7-9-15(10-8-14)6-5-13-11-12(16)3-2-4-12/h13,16H,2-11H2,1H3. The second-order valence-electron chi connectivity index (χ2n) is 5.40. The summed E-state index contributed by atoms with van der Waals surface area (Å²) >= 11 is 0. The molecule has 0 atom stereocenters. The molecule has 1 aliphatic heterocycles. The summed E-state index contributed by atoms with van der Waals surface area (Å²) in [5, 5.41) is 13.3. The molecule has 0 bridgehead atoms. The number of nitrogens with zero attached hydrogens (tertiary/aromatic N) is 2. The Hall–Kier alpha value is -0.160. The minimum Gasteiger partial charge on any atom is -0.389 e. The van der Waals surface area contributed by atoms with Crippen LogP contribution in [0.15, 0.2) is 0 Å². The van der Waals surface area contributed by atoms with Crippen LogP contribution in [-0.4, -0.2) is 73.4 Å². The van der Waals surface area contributed by atoms with E-state index in [1.807, 2.05) is 0 Å². The van der Waals surface area contributed by atoms with Gasteiger partial charge in [-0.3, -0.25) is 4.90 Å². The highest BCUT2D eigenvalue weighted by atomic mass is 16.3. The SMILES string of the molecule is CN1CCN(CCNCC2(O)CCC2)CC1. The van der Waals surface area contributed by atoms with Gasteiger partial charge in [0.05, 0.1) is 5.60 Å². The molecule has 1 aliphatic carbocycles. The molecule has 16 heavy (non-hydrogen) atoms. The van der Waals surface area contributed by atoms with Crippen LogP contribution in [0.5, 0.6) is 0 Å². The average Bonchev–Trinajstić information content (AvgIpc) is 2.24. The maximum Gasteiger partial charge on any atom is 0.0771 e. The Labute approximate surface area is 98.6 Å². The van der Waals surface area contributed by atoms with Crippen LogP contribution in [0.3, 0.4) is 0 Å². The molecular formula is C12H25N3O. The number of rotatable bonds is 5. The van der Waals surface area contributed by atoms with Crippen molar-refractivity contribution in [2.75, 3.05) is 52.9 Å². The summed E-state index contributed by atoms with van der Waals surface area (Å²) in [6.45, 7) is 7.63. The van der Waals surface area contributed by atoms with Gasteiger partial charge in [0, 0.05) is 45.8 Å². The lowest BCUT2D eigenvalue weighted by molar-refractivity contribution is -0.0315. The molecule has 2 N–H and O–H groups in total. The summed E-state index contributed by atoms with van der Waals surface area (Å²) in [5.74, 6) is 0. The molecule has 0 radical (unpaired) electrons. The van der Waals surface area contributed by atoms with Crippen molar-refractivity contribution in [3.05, 3.63) is 0 Å². The van der Waals surface area contributed by atoms with Gasteiger partial charge < -0.3 is 15.3 Å². The van der Waals surface area contributed by atoms with E-state index in [2.05, 4.69) is 22.2 Å². The van der Waals surface area contributed by atoms with Crippen molar-refractivity contribution in [2.24, 2.45) is 0 Å². The number of piperazine rings is 1. The van der Waals surface area contributed by atoms with E-state index in [0.717, 1.165) is 32.5 Å². The first-order chi connectivity index (χ1) is 7.68. The van der Waals surface area contributed by atoms with Crippen LogP contribution in [0.4, 0.5) is 0 Å². The first-order valence-corrected chi connectivity index (χ1v) is 6.52. The van der Waals surface area contributed by atoms with E-state index in [0.29, 0.717) is 0 Å². The van der Waals surface area contributed by atoms with E-state index < -0.39 is 0 Å². The van der Waals surface area contributed by atoms with Gasteiger partial charge in [-0.2, -0.15) is 0 Å². The summed E-state index contributed by atoms with van der Waals surface area (Å²) in [6, 6.07) is 0. The van der Waals surface area contributed by atoms with Gasteiger partial charge in [-0.25, -0.2) is 0 Å². The van der Waals surface area contributed by atoms with Crippen molar-refractivity contribution in [2.45, 2.75) is 24.9 Å². The Morgan fingerprint density at radius 1 is 1.19 bits per heavy atom. The molecule has 1 saturated carbocycles. The molecule has 0 aromatic rings. The fourth-order valence-electron chi connectivity index (χ4n) is 2.39. The van der Waals surface area contributed by atoms with Gasteiger partial charge >= 0.3 is 0 Å². The number of hydrogen-bond donors (Lipinski definition) is 2. The number of likely N-dealkylation sites (N-methyl/N-ethyl adjacent to an activating group) is 1. The van der Waals surface area contributed by atoms with Crippen molar-refractivity contribution in [3.8, 4) is 0 Å². The third-order valence-corrected chi connectivity index (χ3v) is 3.94. The number of aliphatic hydroxyl groups is 1. The molecule has 0 aromatic carbocycles. The molecule has 1 saturated heterocycles. The summed E-state index contributed by atoms with van der Waals surface area (Å²) in [6.07, 6.45) is 3.15. The van der Waals surface area contributed by atoms with Crippen molar-refractivity contribution in [3.63, 3.8) is 0 Å². The molecule has 0 unspecified atom stereocenters. The Morgan fingerprint density at radius 3 is 2.44 bits per heavy atom. The number of nitrogens with one attached hydrogen (secondary N) is 1. The highest BCUT2D eigenvalue weighted by Crippen LogP contribution is 2.30. The van der Waals surface area contributed by atoms with Crippen molar-refractivity contribution in [1.82, 2.24) is 15.1 Å². The van der Waals surface area contributed by atoms with Crippen LogP contribution in [0.25, 0.3) is 0 Å². The zero-order valence-corrected chi connectivity index (χ0v) is 10.4. The Balaban J connectivity index is 1.51. The fraction of sp³-hybridized carbons (Fsp3) is 1.00. The predicted octanol–water partition coefficient (Wildman–Crippen LogP) is -0.262. The summed E-state index contributed by atoms with van der Waals surface area (Å²) in [4.78, 5) is 4.87. The lowest BCUT2D eigenvalue weighted by Gasteiger charge is -2.37. The Bertz CT molecular complexity index is 210. The Morgan fingerprint density at radius 2 is 1.88 bits per heavy atom. The third kappa shape index (κ3) is 3.42. The van der Waals surface area contributed by atoms with Crippen LogP contribution in [-0.2, 0) is 0 Å². The predicted molar refractivity (Wildman–Crippen MR) is 65.6 cm³/mol. The summed E-state index contributed by atoms with van der Waals surface area (Å²) in [7, 11) is 2.18. The first-order valence-electron chi connectivity index (χ1n) is 6.52. The molecule has 2 aliphatic rings. The van der Waals surface area contributed by atoms with Gasteiger partial charge in [0.2, 0.25) is 0 Å². The second-order valence-corrected chi connectivity index (χ2v) is 5.40. The number of hydrogen-bond acceptors (Lipinski definition) is 4. The third-order valence-electron chi connectivity index (χ3n) is 3.94. The highest BCUT2D eigenvalue weighted by Gasteiger charge is 2.33. The van der Waals surface area contributed by atoms with Crippen LogP contribution in [0, 0.1) is 0 Å². The second kappa shape index (κ2) is 5.45. The van der Waals surface area contributed by atoms with Gasteiger partial charge in [-0.15, -0.1) is 0 Å². The monoisotopic (exact) mass is 227 g/mol. The molecule has 0 aromatic heterocycles. The molecule has 2 rings (SSSR count). The van der Waals surface area contributed by atoms with Crippen molar-refractivity contribution in [1.29, 1.82) is 0 Å². The quantitative estimate of drug-likeness (QED) is 0.635. The molecule has 1 heterocycles. The lowest BCUT2D eigenvalue weighted by Crippen LogP contribution is -2.49. The normalized spacial score (nSPS) is 26.6. The molecule has 94 valence electrons. The molecule has 0 spiro atoms. The molecule has 4 heteroatoms. The van der Waals surface area contributed by atoms with Gasteiger partial charge in [0.1, 0.15) is 0 Å². The van der Waals surface area contributed by atoms with Crippen LogP contribution in [0.2, 0.25) is 0 Å². The zero-order valence-electron chi connectivity index (χ0n) is 10.4. The van der Waals surface area contributed by atoms with E-state index in [1.165, 1.54) is 32.6 Å². The highest BCUT2D eigenvalue weighted by molar-refractivity contribution is 4.89. The molecular weight excluding hydrogens is 202 g/mol. The van der Waals surface area contributed by atoms with E-state index in [-0.39, 0.29) is 5.60 Å². The van der Waals surface area contributed by atoms with Gasteiger partial charge in [0.15, 0.2) is 0 Å². The molecule has 4 nitrogen and oxygen atoms in total. The average molecular weight is 227 g/mol. The summed E-state index contributed by atoms with van der Waals surface area (Å²) < 4.78 is 0. The molecule has 0 amide bonds. The minimum absolute atomic E-state index is 0.373. The Kier molecular flexibility index (Phi) is 4.19. The maximum atomic E-state index is 9.90. The molecule has 2 fully saturated rings. The van der Waals surface area contributed by atoms with E-state index >= 15 is 0 Å². The smallest absolute Gasteiger partial charge is 0.0771 e. The zero-order chi connectivity index (χ0) is 11.4. The van der Waals surface area contributed by atoms with Gasteiger partial charge in [-0.05, 0) is 26.3 Å². The minimum atomic E-state index is -0.373. The van der Waals surface area contributed by atoms with E-state index in [4.69, 9.17) is 0 Å². The van der Waals surface area contributed by atoms with E-state index in [9.17, 15) is 5.11 Å². The maximum absolute atomic E-state index is 9.90. The van der Waals surface area contributed by atoms with Crippen molar-refractivity contribution >= 4 is 0 Å². The van der Waals surface area contributed by atoms with Crippen LogP contribution in [0.1, 0.15) is 19.3 Å². The first kappa shape index (κ1) is 12.3.